The zero-order valence-corrected chi connectivity index (χ0v) is 9.87. The Kier molecular flexibility index (Phi) is 2.51. The molecule has 84 valence electrons. The van der Waals surface area contributed by atoms with Crippen molar-refractivity contribution in [3.8, 4) is 6.07 Å². The first-order valence-electron chi connectivity index (χ1n) is 5.14. The van der Waals surface area contributed by atoms with E-state index in [-0.39, 0.29) is 5.92 Å². The van der Waals surface area contributed by atoms with Crippen LogP contribution in [-0.4, -0.2) is 19.4 Å². The predicted molar refractivity (Wildman–Crippen MR) is 61.6 cm³/mol. The molecule has 2 rings (SSSR count). The highest BCUT2D eigenvalue weighted by atomic mass is 32.2. The minimum absolute atomic E-state index is 0.204. The summed E-state index contributed by atoms with van der Waals surface area (Å²) in [5.74, 6) is 0.204. The average molecular weight is 235 g/mol. The van der Waals surface area contributed by atoms with Crippen molar-refractivity contribution in [2.45, 2.75) is 23.5 Å². The Morgan fingerprint density at radius 2 is 1.88 bits per heavy atom. The van der Waals surface area contributed by atoms with Crippen molar-refractivity contribution in [2.24, 2.45) is 0 Å². The number of sulfone groups is 1. The quantitative estimate of drug-likeness (QED) is 0.786. The van der Waals surface area contributed by atoms with Crippen LogP contribution in [0.4, 0.5) is 0 Å². The number of rotatable bonds is 2. The summed E-state index contributed by atoms with van der Waals surface area (Å²) in [5.41, 5.74) is 1.12. The van der Waals surface area contributed by atoms with Gasteiger partial charge in [0.15, 0.2) is 14.6 Å². The number of hydrogen-bond acceptors (Lipinski definition) is 3. The molecule has 1 saturated carbocycles. The van der Waals surface area contributed by atoms with Gasteiger partial charge in [-0.3, -0.25) is 0 Å². The Balaban J connectivity index is 2.19. The van der Waals surface area contributed by atoms with Crippen molar-refractivity contribution in [2.75, 3.05) is 6.26 Å². The highest BCUT2D eigenvalue weighted by Gasteiger charge is 2.52. The second-order valence-electron chi connectivity index (χ2n) is 4.39. The first kappa shape index (κ1) is 11.2. The number of benzene rings is 1. The second-order valence-corrected chi connectivity index (χ2v) is 6.72. The molecule has 3 nitrogen and oxygen atoms in total. The van der Waals surface area contributed by atoms with E-state index in [0.717, 1.165) is 11.8 Å². The lowest BCUT2D eigenvalue weighted by atomic mass is 9.71. The summed E-state index contributed by atoms with van der Waals surface area (Å²) < 4.78 is 21.9. The number of nitrogens with zero attached hydrogens (tertiary/aromatic N) is 1. The lowest BCUT2D eigenvalue weighted by Gasteiger charge is -2.41. The Morgan fingerprint density at radius 3 is 2.31 bits per heavy atom. The monoisotopic (exact) mass is 235 g/mol. The summed E-state index contributed by atoms with van der Waals surface area (Å²) in [7, 11) is -3.28. The van der Waals surface area contributed by atoms with Crippen LogP contribution in [0.25, 0.3) is 0 Å². The minimum atomic E-state index is -3.28. The molecule has 1 aromatic carbocycles. The van der Waals surface area contributed by atoms with Gasteiger partial charge in [0.05, 0.1) is 6.07 Å². The molecule has 0 saturated heterocycles. The van der Waals surface area contributed by atoms with Crippen molar-refractivity contribution in [3.05, 3.63) is 35.9 Å². The summed E-state index contributed by atoms with van der Waals surface area (Å²) in [5, 5.41) is 9.01. The van der Waals surface area contributed by atoms with Crippen LogP contribution in [0.5, 0.6) is 0 Å². The van der Waals surface area contributed by atoms with Gasteiger partial charge < -0.3 is 0 Å². The van der Waals surface area contributed by atoms with E-state index in [4.69, 9.17) is 5.26 Å². The van der Waals surface area contributed by atoms with E-state index in [9.17, 15) is 8.42 Å². The van der Waals surface area contributed by atoms with Gasteiger partial charge in [-0.2, -0.15) is 5.26 Å². The Labute approximate surface area is 95.6 Å². The molecule has 0 N–H and O–H groups in total. The van der Waals surface area contributed by atoms with Crippen molar-refractivity contribution in [3.63, 3.8) is 0 Å². The van der Waals surface area contributed by atoms with Crippen LogP contribution in [0.1, 0.15) is 24.3 Å². The second kappa shape index (κ2) is 3.60. The topological polar surface area (TPSA) is 57.9 Å². The van der Waals surface area contributed by atoms with Gasteiger partial charge in [-0.15, -0.1) is 0 Å². The molecule has 1 aliphatic carbocycles. The number of hydrogen-bond donors (Lipinski definition) is 0. The lowest BCUT2D eigenvalue weighted by molar-refractivity contribution is 0.348. The van der Waals surface area contributed by atoms with Gasteiger partial charge >= 0.3 is 0 Å². The Hall–Kier alpha value is -1.34. The third-order valence-corrected chi connectivity index (χ3v) is 5.18. The molecule has 0 atom stereocenters. The molecule has 0 unspecified atom stereocenters. The van der Waals surface area contributed by atoms with Crippen LogP contribution >= 0.6 is 0 Å². The van der Waals surface area contributed by atoms with Crippen LogP contribution in [-0.2, 0) is 9.84 Å². The molecule has 0 spiro atoms. The van der Waals surface area contributed by atoms with E-state index in [1.165, 1.54) is 0 Å². The maximum absolute atomic E-state index is 11.5. The number of nitriles is 1. The molecule has 0 heterocycles. The third-order valence-electron chi connectivity index (χ3n) is 3.34. The Morgan fingerprint density at radius 1 is 1.31 bits per heavy atom. The predicted octanol–water partition coefficient (Wildman–Crippen LogP) is 1.87. The normalized spacial score (nSPS) is 29.1. The largest absolute Gasteiger partial charge is 0.227 e. The van der Waals surface area contributed by atoms with Crippen LogP contribution in [0.3, 0.4) is 0 Å². The lowest BCUT2D eigenvalue weighted by Crippen LogP contribution is -2.47. The van der Waals surface area contributed by atoms with Crippen molar-refractivity contribution in [1.29, 1.82) is 5.26 Å². The third kappa shape index (κ3) is 1.61. The van der Waals surface area contributed by atoms with Crippen LogP contribution < -0.4 is 0 Å². The molecule has 1 aromatic rings. The van der Waals surface area contributed by atoms with Gasteiger partial charge in [0.25, 0.3) is 0 Å². The zero-order valence-electron chi connectivity index (χ0n) is 9.05. The molecule has 1 aliphatic rings. The van der Waals surface area contributed by atoms with Gasteiger partial charge in [-0.1, -0.05) is 30.3 Å². The van der Waals surface area contributed by atoms with E-state index >= 15 is 0 Å². The summed E-state index contributed by atoms with van der Waals surface area (Å²) >= 11 is 0. The van der Waals surface area contributed by atoms with Crippen molar-refractivity contribution < 1.29 is 8.42 Å². The highest BCUT2D eigenvalue weighted by molar-refractivity contribution is 7.92. The van der Waals surface area contributed by atoms with E-state index in [1.807, 2.05) is 36.4 Å². The Bertz CT molecular complexity index is 522. The highest BCUT2D eigenvalue weighted by Crippen LogP contribution is 2.48. The summed E-state index contributed by atoms with van der Waals surface area (Å²) in [4.78, 5) is 0. The van der Waals surface area contributed by atoms with Gasteiger partial charge in [0.1, 0.15) is 0 Å². The van der Waals surface area contributed by atoms with Gasteiger partial charge in [-0.05, 0) is 24.3 Å². The fourth-order valence-electron chi connectivity index (χ4n) is 2.17. The first-order valence-corrected chi connectivity index (χ1v) is 7.03. The van der Waals surface area contributed by atoms with Gasteiger partial charge in [0, 0.05) is 6.26 Å². The molecular formula is C12H13NO2S. The van der Waals surface area contributed by atoms with E-state index in [1.54, 1.807) is 0 Å². The first-order chi connectivity index (χ1) is 7.48. The fourth-order valence-corrected chi connectivity index (χ4v) is 3.35. The molecule has 0 amide bonds. The van der Waals surface area contributed by atoms with E-state index in [0.29, 0.717) is 12.8 Å². The van der Waals surface area contributed by atoms with Crippen LogP contribution in [0, 0.1) is 11.3 Å². The molecule has 0 radical (unpaired) electrons. The summed E-state index contributed by atoms with van der Waals surface area (Å²) in [6, 6.07) is 11.7. The van der Waals surface area contributed by atoms with E-state index < -0.39 is 14.6 Å². The van der Waals surface area contributed by atoms with E-state index in [2.05, 4.69) is 0 Å². The summed E-state index contributed by atoms with van der Waals surface area (Å²) in [6.45, 7) is 0. The molecule has 16 heavy (non-hydrogen) atoms. The van der Waals surface area contributed by atoms with Crippen molar-refractivity contribution >= 4 is 9.84 Å². The van der Waals surface area contributed by atoms with Crippen LogP contribution in [0.2, 0.25) is 0 Å². The van der Waals surface area contributed by atoms with Crippen LogP contribution in [0.15, 0.2) is 30.3 Å². The zero-order chi connectivity index (χ0) is 11.8. The molecule has 0 aromatic heterocycles. The SMILES string of the molecule is CS(=O)(=O)C1(C#N)CC(c2ccccc2)C1. The minimum Gasteiger partial charge on any atom is -0.227 e. The standard InChI is InChI=1S/C12H13NO2S/c1-16(14,15)12(9-13)7-11(8-12)10-5-3-2-4-6-10/h2-6,11H,7-8H2,1H3. The molecule has 0 aliphatic heterocycles. The van der Waals surface area contributed by atoms with Gasteiger partial charge in [0.2, 0.25) is 0 Å². The molecule has 4 heteroatoms. The molecular weight excluding hydrogens is 222 g/mol. The summed E-state index contributed by atoms with van der Waals surface area (Å²) in [6.07, 6.45) is 2.00. The van der Waals surface area contributed by atoms with Crippen molar-refractivity contribution in [1.82, 2.24) is 0 Å². The molecule has 1 fully saturated rings. The smallest absolute Gasteiger partial charge is 0.166 e. The average Bonchev–Trinajstić information content (AvgIpc) is 2.16. The maximum atomic E-state index is 11.5. The van der Waals surface area contributed by atoms with Gasteiger partial charge in [-0.25, -0.2) is 8.42 Å². The fraction of sp³-hybridized carbons (Fsp3) is 0.417. The molecule has 0 bridgehead atoms. The maximum Gasteiger partial charge on any atom is 0.166 e.